The Morgan fingerprint density at radius 2 is 2.00 bits per heavy atom. The van der Waals surface area contributed by atoms with Crippen LogP contribution in [0, 0.1) is 12.3 Å². The van der Waals surface area contributed by atoms with Crippen LogP contribution in [0.2, 0.25) is 0 Å². The third-order valence-corrected chi connectivity index (χ3v) is 1.95. The molecule has 0 saturated carbocycles. The topological polar surface area (TPSA) is 15.3 Å². The van der Waals surface area contributed by atoms with Gasteiger partial charge in [0.05, 0.1) is 6.54 Å². The molecule has 2 heteroatoms. The number of nitrogens with zero attached hydrogens (tertiary/aromatic N) is 1. The second-order valence-corrected chi connectivity index (χ2v) is 3.37. The van der Waals surface area contributed by atoms with Crippen LogP contribution in [0.1, 0.15) is 13.8 Å². The van der Waals surface area contributed by atoms with Gasteiger partial charge in [-0.05, 0) is 13.8 Å². The summed E-state index contributed by atoms with van der Waals surface area (Å²) in [6.45, 7) is 7.33. The lowest BCUT2D eigenvalue weighted by Crippen LogP contribution is -2.54. The number of hydrogen-bond donors (Lipinski definition) is 1. The number of terminal acetylenes is 1. The van der Waals surface area contributed by atoms with Gasteiger partial charge in [0.15, 0.2) is 0 Å². The van der Waals surface area contributed by atoms with Crippen LogP contribution in [0.4, 0.5) is 0 Å². The molecule has 62 valence electrons. The van der Waals surface area contributed by atoms with Gasteiger partial charge in [-0.1, -0.05) is 5.92 Å². The van der Waals surface area contributed by atoms with Crippen LogP contribution >= 0.6 is 0 Å². The van der Waals surface area contributed by atoms with E-state index in [1.165, 1.54) is 0 Å². The molecular formula is C9H16N2. The summed E-state index contributed by atoms with van der Waals surface area (Å²) in [5, 5.41) is 3.46. The molecule has 0 unspecified atom stereocenters. The summed E-state index contributed by atoms with van der Waals surface area (Å²) in [4.78, 5) is 2.31. The van der Waals surface area contributed by atoms with Crippen molar-refractivity contribution in [1.82, 2.24) is 10.2 Å². The molecule has 0 aromatic rings. The summed E-state index contributed by atoms with van der Waals surface area (Å²) in [6, 6.07) is 1.15. The van der Waals surface area contributed by atoms with Gasteiger partial charge < -0.3 is 5.32 Å². The molecule has 2 atom stereocenters. The van der Waals surface area contributed by atoms with Crippen LogP contribution in [0.15, 0.2) is 0 Å². The molecule has 0 amide bonds. The van der Waals surface area contributed by atoms with E-state index in [0.29, 0.717) is 12.1 Å². The van der Waals surface area contributed by atoms with Crippen molar-refractivity contribution in [3.05, 3.63) is 0 Å². The molecule has 1 aliphatic heterocycles. The molecule has 1 N–H and O–H groups in total. The lowest BCUT2D eigenvalue weighted by Gasteiger charge is -2.34. The normalized spacial score (nSPS) is 33.2. The van der Waals surface area contributed by atoms with Crippen molar-refractivity contribution in [1.29, 1.82) is 0 Å². The van der Waals surface area contributed by atoms with E-state index in [-0.39, 0.29) is 0 Å². The zero-order chi connectivity index (χ0) is 8.27. The fourth-order valence-corrected chi connectivity index (χ4v) is 1.70. The maximum atomic E-state index is 5.24. The predicted octanol–water partition coefficient (Wildman–Crippen LogP) is 0.302. The summed E-state index contributed by atoms with van der Waals surface area (Å²) in [5.74, 6) is 2.68. The highest BCUT2D eigenvalue weighted by molar-refractivity contribution is 4.92. The van der Waals surface area contributed by atoms with E-state index >= 15 is 0 Å². The van der Waals surface area contributed by atoms with E-state index in [1.54, 1.807) is 0 Å². The maximum Gasteiger partial charge on any atom is 0.0599 e. The molecule has 0 spiro atoms. The van der Waals surface area contributed by atoms with Gasteiger partial charge in [0.1, 0.15) is 0 Å². The number of hydrogen-bond acceptors (Lipinski definition) is 2. The van der Waals surface area contributed by atoms with Crippen molar-refractivity contribution in [2.75, 3.05) is 19.6 Å². The van der Waals surface area contributed by atoms with E-state index in [2.05, 4.69) is 30.0 Å². The van der Waals surface area contributed by atoms with Gasteiger partial charge >= 0.3 is 0 Å². The van der Waals surface area contributed by atoms with Crippen LogP contribution in [0.3, 0.4) is 0 Å². The summed E-state index contributed by atoms with van der Waals surface area (Å²) >= 11 is 0. The number of rotatable bonds is 1. The Labute approximate surface area is 69.0 Å². The van der Waals surface area contributed by atoms with Crippen molar-refractivity contribution >= 4 is 0 Å². The van der Waals surface area contributed by atoms with Crippen LogP contribution in [0.25, 0.3) is 0 Å². The van der Waals surface area contributed by atoms with Gasteiger partial charge in [0.2, 0.25) is 0 Å². The molecule has 0 aliphatic carbocycles. The first kappa shape index (κ1) is 8.58. The van der Waals surface area contributed by atoms with E-state index in [0.717, 1.165) is 19.6 Å². The maximum absolute atomic E-state index is 5.24. The minimum atomic E-state index is 0.576. The Morgan fingerprint density at radius 1 is 1.45 bits per heavy atom. The second kappa shape index (κ2) is 3.75. The lowest BCUT2D eigenvalue weighted by atomic mass is 10.1. The Morgan fingerprint density at radius 3 is 2.45 bits per heavy atom. The summed E-state index contributed by atoms with van der Waals surface area (Å²) in [6.07, 6.45) is 5.24. The van der Waals surface area contributed by atoms with E-state index in [9.17, 15) is 0 Å². The van der Waals surface area contributed by atoms with Crippen LogP contribution in [0.5, 0.6) is 0 Å². The van der Waals surface area contributed by atoms with Crippen molar-refractivity contribution in [3.8, 4) is 12.3 Å². The summed E-state index contributed by atoms with van der Waals surface area (Å²) < 4.78 is 0. The first-order chi connectivity index (χ1) is 5.22. The summed E-state index contributed by atoms with van der Waals surface area (Å²) in [7, 11) is 0. The van der Waals surface area contributed by atoms with E-state index < -0.39 is 0 Å². The monoisotopic (exact) mass is 152 g/mol. The molecule has 0 bridgehead atoms. The number of piperazine rings is 1. The smallest absolute Gasteiger partial charge is 0.0599 e. The van der Waals surface area contributed by atoms with Crippen LogP contribution < -0.4 is 5.32 Å². The molecular weight excluding hydrogens is 136 g/mol. The molecule has 1 heterocycles. The highest BCUT2D eigenvalue weighted by Gasteiger charge is 2.19. The molecule has 11 heavy (non-hydrogen) atoms. The molecule has 0 aromatic carbocycles. The van der Waals surface area contributed by atoms with Gasteiger partial charge in [-0.15, -0.1) is 6.42 Å². The summed E-state index contributed by atoms with van der Waals surface area (Å²) in [5.41, 5.74) is 0. The molecule has 1 aliphatic rings. The zero-order valence-electron chi connectivity index (χ0n) is 7.30. The first-order valence-corrected chi connectivity index (χ1v) is 4.14. The molecule has 1 rings (SSSR count). The van der Waals surface area contributed by atoms with Gasteiger partial charge in [-0.3, -0.25) is 4.90 Å². The fraction of sp³-hybridized carbons (Fsp3) is 0.778. The van der Waals surface area contributed by atoms with Crippen LogP contribution in [-0.2, 0) is 0 Å². The average molecular weight is 152 g/mol. The number of nitrogens with one attached hydrogen (secondary N) is 1. The SMILES string of the molecule is C#CCN1C[C@@H](C)N[C@@H](C)C1. The lowest BCUT2D eigenvalue weighted by molar-refractivity contribution is 0.192. The molecule has 0 aromatic heterocycles. The third kappa shape index (κ3) is 2.53. The van der Waals surface area contributed by atoms with Gasteiger partial charge in [0.25, 0.3) is 0 Å². The van der Waals surface area contributed by atoms with Gasteiger partial charge in [-0.25, -0.2) is 0 Å². The van der Waals surface area contributed by atoms with Gasteiger partial charge in [-0.2, -0.15) is 0 Å². The fourth-order valence-electron chi connectivity index (χ4n) is 1.70. The van der Waals surface area contributed by atoms with Crippen molar-refractivity contribution in [2.45, 2.75) is 25.9 Å². The predicted molar refractivity (Wildman–Crippen MR) is 47.3 cm³/mol. The first-order valence-electron chi connectivity index (χ1n) is 4.14. The van der Waals surface area contributed by atoms with Crippen molar-refractivity contribution in [2.24, 2.45) is 0 Å². The van der Waals surface area contributed by atoms with Crippen molar-refractivity contribution < 1.29 is 0 Å². The minimum Gasteiger partial charge on any atom is -0.309 e. The molecule has 1 fully saturated rings. The highest BCUT2D eigenvalue weighted by atomic mass is 15.2. The second-order valence-electron chi connectivity index (χ2n) is 3.37. The minimum absolute atomic E-state index is 0.576. The van der Waals surface area contributed by atoms with Gasteiger partial charge in [0, 0.05) is 25.2 Å². The average Bonchev–Trinajstić information content (AvgIpc) is 1.85. The molecule has 1 saturated heterocycles. The Kier molecular flexibility index (Phi) is 2.92. The third-order valence-electron chi connectivity index (χ3n) is 1.95. The molecule has 2 nitrogen and oxygen atoms in total. The Balaban J connectivity index is 2.38. The van der Waals surface area contributed by atoms with E-state index in [1.807, 2.05) is 0 Å². The van der Waals surface area contributed by atoms with E-state index in [4.69, 9.17) is 6.42 Å². The Bertz CT molecular complexity index is 149. The van der Waals surface area contributed by atoms with Crippen LogP contribution in [-0.4, -0.2) is 36.6 Å². The zero-order valence-corrected chi connectivity index (χ0v) is 7.30. The Hall–Kier alpha value is -0.520. The standard InChI is InChI=1S/C9H16N2/c1-4-5-11-6-8(2)10-9(3)7-11/h1,8-10H,5-7H2,2-3H3/t8-,9+. The van der Waals surface area contributed by atoms with Crippen molar-refractivity contribution in [3.63, 3.8) is 0 Å². The molecule has 0 radical (unpaired) electrons. The highest BCUT2D eigenvalue weighted by Crippen LogP contribution is 2.02. The largest absolute Gasteiger partial charge is 0.309 e. The quantitative estimate of drug-likeness (QED) is 0.544.